The first-order chi connectivity index (χ1) is 14.7. The van der Waals surface area contributed by atoms with Crippen LogP contribution >= 0.6 is 11.8 Å². The van der Waals surface area contributed by atoms with Gasteiger partial charge in [-0.2, -0.15) is 0 Å². The molecule has 0 radical (unpaired) electrons. The van der Waals surface area contributed by atoms with Crippen LogP contribution in [0.15, 0.2) is 59.7 Å². The summed E-state index contributed by atoms with van der Waals surface area (Å²) in [4.78, 5) is 23.8. The fraction of sp³-hybridized carbons (Fsp3) is 0.292. The van der Waals surface area contributed by atoms with Crippen molar-refractivity contribution in [1.29, 1.82) is 0 Å². The van der Waals surface area contributed by atoms with Gasteiger partial charge in [-0.1, -0.05) is 48.2 Å². The zero-order chi connectivity index (χ0) is 20.5. The second-order valence-electron chi connectivity index (χ2n) is 7.62. The quantitative estimate of drug-likeness (QED) is 0.585. The highest BCUT2D eigenvalue weighted by atomic mass is 32.2. The van der Waals surface area contributed by atoms with E-state index in [1.54, 1.807) is 0 Å². The van der Waals surface area contributed by atoms with Crippen LogP contribution in [0.25, 0.3) is 10.8 Å². The third kappa shape index (κ3) is 3.67. The van der Waals surface area contributed by atoms with Crippen molar-refractivity contribution in [2.75, 3.05) is 12.4 Å². The van der Waals surface area contributed by atoms with E-state index in [0.717, 1.165) is 40.3 Å². The number of thioether (sulfide) groups is 1. The highest BCUT2D eigenvalue weighted by molar-refractivity contribution is 8.14. The molecule has 1 aromatic heterocycles. The van der Waals surface area contributed by atoms with Crippen molar-refractivity contribution in [3.8, 4) is 0 Å². The van der Waals surface area contributed by atoms with Gasteiger partial charge in [0.25, 0.3) is 0 Å². The van der Waals surface area contributed by atoms with Gasteiger partial charge in [-0.25, -0.2) is 4.99 Å². The lowest BCUT2D eigenvalue weighted by atomic mass is 9.95. The van der Waals surface area contributed by atoms with Crippen molar-refractivity contribution < 1.29 is 9.53 Å². The summed E-state index contributed by atoms with van der Waals surface area (Å²) in [6.07, 6.45) is 3.06. The average Bonchev–Trinajstić information content (AvgIpc) is 3.14. The van der Waals surface area contributed by atoms with Crippen LogP contribution in [0.4, 0.5) is 5.69 Å². The molecule has 0 spiro atoms. The highest BCUT2D eigenvalue weighted by Gasteiger charge is 2.34. The number of carbonyl (C=O) groups excluding carboxylic acids is 1. The molecule has 152 valence electrons. The lowest BCUT2D eigenvalue weighted by molar-refractivity contribution is -0.142. The number of aliphatic imine (C=N–C) groups is 1. The molecule has 1 saturated heterocycles. The molecule has 0 unspecified atom stereocenters. The van der Waals surface area contributed by atoms with Crippen molar-refractivity contribution in [1.82, 2.24) is 9.88 Å². The molecule has 5 rings (SSSR count). The van der Waals surface area contributed by atoms with E-state index in [1.807, 2.05) is 49.1 Å². The lowest BCUT2D eigenvalue weighted by Crippen LogP contribution is -2.38. The minimum Gasteiger partial charge on any atom is -0.466 e. The van der Waals surface area contributed by atoms with E-state index < -0.39 is 0 Å². The molecule has 2 aliphatic rings. The molecular weight excluding hydrogens is 394 g/mol. The van der Waals surface area contributed by atoms with E-state index >= 15 is 0 Å². The van der Waals surface area contributed by atoms with Crippen molar-refractivity contribution in [2.24, 2.45) is 4.99 Å². The Morgan fingerprint density at radius 2 is 2.10 bits per heavy atom. The topological polar surface area (TPSA) is 54.8 Å². The van der Waals surface area contributed by atoms with Gasteiger partial charge in [0, 0.05) is 35.3 Å². The first-order valence-electron chi connectivity index (χ1n) is 10.3. The highest BCUT2D eigenvalue weighted by Crippen LogP contribution is 2.36. The Morgan fingerprint density at radius 3 is 2.97 bits per heavy atom. The number of hydrogen-bond acceptors (Lipinski definition) is 5. The number of fused-ring (bicyclic) bond motifs is 3. The largest absolute Gasteiger partial charge is 0.466 e. The number of hydrogen-bond donors (Lipinski definition) is 0. The van der Waals surface area contributed by atoms with Gasteiger partial charge in [-0.05, 0) is 36.6 Å². The monoisotopic (exact) mass is 417 g/mol. The number of aromatic nitrogens is 1. The van der Waals surface area contributed by atoms with Gasteiger partial charge in [0.05, 0.1) is 24.4 Å². The molecule has 0 aliphatic carbocycles. The molecule has 0 bridgehead atoms. The number of ether oxygens (including phenoxy) is 1. The third-order valence-corrected chi connectivity index (χ3v) is 6.79. The molecular formula is C24H23N3O2S. The van der Waals surface area contributed by atoms with Crippen molar-refractivity contribution in [3.63, 3.8) is 0 Å². The van der Waals surface area contributed by atoms with Crippen LogP contribution in [0.2, 0.25) is 0 Å². The van der Waals surface area contributed by atoms with E-state index in [-0.39, 0.29) is 12.4 Å². The Labute approximate surface area is 180 Å². The molecule has 1 atom stereocenters. The number of esters is 1. The van der Waals surface area contributed by atoms with Crippen LogP contribution in [0, 0.1) is 0 Å². The molecule has 0 N–H and O–H groups in total. The minimum atomic E-state index is -0.255. The molecule has 1 fully saturated rings. The smallest absolute Gasteiger partial charge is 0.311 e. The average molecular weight is 418 g/mol. The number of benzene rings is 2. The van der Waals surface area contributed by atoms with Crippen molar-refractivity contribution >= 4 is 39.4 Å². The van der Waals surface area contributed by atoms with Crippen LogP contribution < -0.4 is 0 Å². The van der Waals surface area contributed by atoms with Gasteiger partial charge in [0.1, 0.15) is 0 Å². The first-order valence-corrected chi connectivity index (χ1v) is 11.3. The Balaban J connectivity index is 1.47. The Bertz CT molecular complexity index is 1140. The summed E-state index contributed by atoms with van der Waals surface area (Å²) < 4.78 is 5.07. The Morgan fingerprint density at radius 1 is 1.23 bits per heavy atom. The maximum absolute atomic E-state index is 11.9. The summed E-state index contributed by atoms with van der Waals surface area (Å²) >= 11 is 1.83. The van der Waals surface area contributed by atoms with Crippen LogP contribution in [0.1, 0.15) is 23.7 Å². The van der Waals surface area contributed by atoms with Gasteiger partial charge in [0.15, 0.2) is 5.17 Å². The first kappa shape index (κ1) is 19.1. The Kier molecular flexibility index (Phi) is 5.17. The maximum atomic E-state index is 11.9. The third-order valence-electron chi connectivity index (χ3n) is 5.65. The van der Waals surface area contributed by atoms with E-state index in [0.29, 0.717) is 18.3 Å². The molecule has 5 nitrogen and oxygen atoms in total. The van der Waals surface area contributed by atoms with E-state index in [9.17, 15) is 4.79 Å². The summed E-state index contributed by atoms with van der Waals surface area (Å²) in [7, 11) is 0. The maximum Gasteiger partial charge on any atom is 0.311 e. The lowest BCUT2D eigenvalue weighted by Gasteiger charge is -2.32. The summed E-state index contributed by atoms with van der Waals surface area (Å²) in [5.74, 6) is 0.808. The number of amidine groups is 1. The van der Waals surface area contributed by atoms with Gasteiger partial charge in [-0.15, -0.1) is 0 Å². The van der Waals surface area contributed by atoms with E-state index in [1.165, 1.54) is 11.1 Å². The zero-order valence-electron chi connectivity index (χ0n) is 16.9. The second kappa shape index (κ2) is 8.11. The summed E-state index contributed by atoms with van der Waals surface area (Å²) in [5.41, 5.74) is 4.47. The summed E-state index contributed by atoms with van der Waals surface area (Å²) in [5, 5.41) is 3.11. The molecule has 3 heterocycles. The van der Waals surface area contributed by atoms with Crippen LogP contribution in [0.5, 0.6) is 0 Å². The SMILES string of the molecule is CCOC(=O)Cc1cc2c(N=C3SC[C@@H]4Cc5ccccc5CN34)cccc2cn1. The van der Waals surface area contributed by atoms with Gasteiger partial charge in [-0.3, -0.25) is 9.78 Å². The molecule has 0 amide bonds. The van der Waals surface area contributed by atoms with Crippen molar-refractivity contribution in [3.05, 3.63) is 71.5 Å². The fourth-order valence-electron chi connectivity index (χ4n) is 4.16. The van der Waals surface area contributed by atoms with Gasteiger partial charge < -0.3 is 9.64 Å². The van der Waals surface area contributed by atoms with E-state index in [2.05, 4.69) is 34.1 Å². The number of carbonyl (C=O) groups is 1. The summed E-state index contributed by atoms with van der Waals surface area (Å²) in [6, 6.07) is 17.3. The summed E-state index contributed by atoms with van der Waals surface area (Å²) in [6.45, 7) is 3.10. The molecule has 2 aromatic carbocycles. The molecule has 6 heteroatoms. The second-order valence-corrected chi connectivity index (χ2v) is 8.60. The van der Waals surface area contributed by atoms with Crippen LogP contribution in [0.3, 0.4) is 0 Å². The van der Waals surface area contributed by atoms with Crippen LogP contribution in [-0.2, 0) is 28.9 Å². The van der Waals surface area contributed by atoms with Crippen LogP contribution in [-0.4, -0.2) is 39.4 Å². The predicted molar refractivity (Wildman–Crippen MR) is 121 cm³/mol. The molecule has 0 saturated carbocycles. The standard InChI is InChI=1S/C24H23N3O2S/c1-2-29-23(28)12-19-11-21-17(13-25-19)8-5-9-22(21)26-24-27-14-18-7-4-3-6-16(18)10-20(27)15-30-24/h3-9,11,13,20H,2,10,12,14-15H2,1H3/t20-/m0/s1. The minimum absolute atomic E-state index is 0.175. The molecule has 3 aromatic rings. The number of pyridine rings is 1. The van der Waals surface area contributed by atoms with E-state index in [4.69, 9.17) is 9.73 Å². The fourth-order valence-corrected chi connectivity index (χ4v) is 5.35. The van der Waals surface area contributed by atoms with Crippen molar-refractivity contribution in [2.45, 2.75) is 32.4 Å². The predicted octanol–water partition coefficient (Wildman–Crippen LogP) is 4.50. The van der Waals surface area contributed by atoms with Gasteiger partial charge in [0.2, 0.25) is 0 Å². The molecule has 30 heavy (non-hydrogen) atoms. The Hall–Kier alpha value is -2.86. The number of nitrogens with zero attached hydrogens (tertiary/aromatic N) is 3. The molecule has 2 aliphatic heterocycles. The van der Waals surface area contributed by atoms with Gasteiger partial charge >= 0.3 is 5.97 Å². The zero-order valence-corrected chi connectivity index (χ0v) is 17.7. The normalized spacial score (nSPS) is 19.0. The number of rotatable bonds is 4.